The van der Waals surface area contributed by atoms with Crippen molar-refractivity contribution in [1.82, 2.24) is 5.32 Å². The van der Waals surface area contributed by atoms with Crippen molar-refractivity contribution in [3.63, 3.8) is 0 Å². The summed E-state index contributed by atoms with van der Waals surface area (Å²) in [5.74, 6) is -0.404. The number of ether oxygens (including phenoxy) is 3. The molecule has 2 rings (SSSR count). The summed E-state index contributed by atoms with van der Waals surface area (Å²) in [7, 11) is 0. The highest BCUT2D eigenvalue weighted by atomic mass is 16.7. The SMILES string of the molecule is CC(=O)NC1C(C)OC(CO)[C@@H](O[C@@H]2OC(CO)[C@H](O)[C@H](O)C2O)[C@@H]1O. The molecule has 10 atom stereocenters. The number of carbonyl (C=O) groups is 1. The standard InChI is InChI=1S/C15H27NO10/c1-5-9(16-6(2)19)11(21)14(8(4-18)24-5)26-15-13(23)12(22)10(20)7(3-17)25-15/h5,7-15,17-18,20-23H,3-4H2,1-2H3,(H,16,19)/t5?,7?,8?,9?,10-,11+,12-,13?,14+,15-/m0/s1. The Kier molecular flexibility index (Phi) is 7.30. The molecule has 2 heterocycles. The minimum Gasteiger partial charge on any atom is -0.394 e. The minimum atomic E-state index is -1.67. The van der Waals surface area contributed by atoms with Gasteiger partial charge in [-0.1, -0.05) is 0 Å². The second kappa shape index (κ2) is 8.87. The molecule has 0 bridgehead atoms. The number of aliphatic hydroxyl groups excluding tert-OH is 6. The second-order valence-electron chi connectivity index (χ2n) is 6.58. The summed E-state index contributed by atoms with van der Waals surface area (Å²) in [4.78, 5) is 11.3. The molecule has 0 spiro atoms. The van der Waals surface area contributed by atoms with Gasteiger partial charge in [-0.25, -0.2) is 0 Å². The van der Waals surface area contributed by atoms with Crippen molar-refractivity contribution < 1.29 is 49.6 Å². The van der Waals surface area contributed by atoms with Gasteiger partial charge in [-0.15, -0.1) is 0 Å². The molecule has 11 heteroatoms. The van der Waals surface area contributed by atoms with Gasteiger partial charge in [0.1, 0.15) is 42.7 Å². The van der Waals surface area contributed by atoms with Crippen molar-refractivity contribution in [3.8, 4) is 0 Å². The lowest BCUT2D eigenvalue weighted by Crippen LogP contribution is -2.66. The number of rotatable bonds is 5. The molecule has 0 radical (unpaired) electrons. The van der Waals surface area contributed by atoms with Crippen LogP contribution in [0, 0.1) is 0 Å². The molecule has 0 aromatic carbocycles. The van der Waals surface area contributed by atoms with Crippen LogP contribution in [0.4, 0.5) is 0 Å². The van der Waals surface area contributed by atoms with E-state index in [1.54, 1.807) is 6.92 Å². The Balaban J connectivity index is 2.16. The molecule has 7 N–H and O–H groups in total. The van der Waals surface area contributed by atoms with Gasteiger partial charge in [0.15, 0.2) is 6.29 Å². The zero-order valence-electron chi connectivity index (χ0n) is 14.5. The fraction of sp³-hybridized carbons (Fsp3) is 0.933. The van der Waals surface area contributed by atoms with Crippen molar-refractivity contribution in [2.75, 3.05) is 13.2 Å². The van der Waals surface area contributed by atoms with Crippen molar-refractivity contribution in [2.45, 2.75) is 75.0 Å². The van der Waals surface area contributed by atoms with E-state index in [1.165, 1.54) is 6.92 Å². The number of aliphatic hydroxyl groups is 6. The van der Waals surface area contributed by atoms with Crippen LogP contribution in [0.5, 0.6) is 0 Å². The summed E-state index contributed by atoms with van der Waals surface area (Å²) in [5, 5.41) is 61.5. The van der Waals surface area contributed by atoms with E-state index < -0.39 is 80.3 Å². The van der Waals surface area contributed by atoms with Gasteiger partial charge >= 0.3 is 0 Å². The molecule has 152 valence electrons. The normalized spacial score (nSPS) is 46.8. The first-order valence-electron chi connectivity index (χ1n) is 8.38. The maximum absolute atomic E-state index is 11.3. The van der Waals surface area contributed by atoms with E-state index in [-0.39, 0.29) is 0 Å². The average molecular weight is 381 g/mol. The Morgan fingerprint density at radius 1 is 0.962 bits per heavy atom. The monoisotopic (exact) mass is 381 g/mol. The third-order valence-corrected chi connectivity index (χ3v) is 4.66. The molecular weight excluding hydrogens is 354 g/mol. The highest BCUT2D eigenvalue weighted by Gasteiger charge is 2.50. The Bertz CT molecular complexity index is 477. The van der Waals surface area contributed by atoms with Gasteiger partial charge in [-0.05, 0) is 6.92 Å². The molecule has 2 fully saturated rings. The molecule has 5 unspecified atom stereocenters. The van der Waals surface area contributed by atoms with Crippen molar-refractivity contribution in [1.29, 1.82) is 0 Å². The quantitative estimate of drug-likeness (QED) is 0.247. The van der Waals surface area contributed by atoms with E-state index in [9.17, 15) is 35.4 Å². The molecule has 26 heavy (non-hydrogen) atoms. The zero-order valence-corrected chi connectivity index (χ0v) is 14.5. The number of carbonyl (C=O) groups excluding carboxylic acids is 1. The van der Waals surface area contributed by atoms with Crippen LogP contribution in [0.1, 0.15) is 13.8 Å². The first kappa shape index (κ1) is 21.4. The zero-order chi connectivity index (χ0) is 19.6. The van der Waals surface area contributed by atoms with Gasteiger partial charge in [0.25, 0.3) is 0 Å². The van der Waals surface area contributed by atoms with Crippen molar-refractivity contribution in [3.05, 3.63) is 0 Å². The van der Waals surface area contributed by atoms with E-state index in [1.807, 2.05) is 0 Å². The summed E-state index contributed by atoms with van der Waals surface area (Å²) in [6, 6.07) is -0.842. The van der Waals surface area contributed by atoms with E-state index in [0.29, 0.717) is 0 Å². The van der Waals surface area contributed by atoms with Crippen molar-refractivity contribution in [2.24, 2.45) is 0 Å². The Labute approximate surface area is 150 Å². The lowest BCUT2D eigenvalue weighted by molar-refractivity contribution is -0.335. The van der Waals surface area contributed by atoms with Gasteiger partial charge < -0.3 is 50.2 Å². The van der Waals surface area contributed by atoms with Gasteiger partial charge in [0.05, 0.1) is 25.4 Å². The van der Waals surface area contributed by atoms with Crippen molar-refractivity contribution >= 4 is 5.91 Å². The van der Waals surface area contributed by atoms with E-state index in [4.69, 9.17) is 14.2 Å². The number of hydrogen-bond acceptors (Lipinski definition) is 10. The average Bonchev–Trinajstić information content (AvgIpc) is 2.60. The van der Waals surface area contributed by atoms with E-state index in [2.05, 4.69) is 5.32 Å². The third kappa shape index (κ3) is 4.32. The highest BCUT2D eigenvalue weighted by Crippen LogP contribution is 2.29. The summed E-state index contributed by atoms with van der Waals surface area (Å²) in [5.41, 5.74) is 0. The summed E-state index contributed by atoms with van der Waals surface area (Å²) >= 11 is 0. The number of nitrogens with one attached hydrogen (secondary N) is 1. The molecule has 1 amide bonds. The lowest BCUT2D eigenvalue weighted by atomic mass is 9.92. The Hall–Kier alpha value is -0.890. The maximum atomic E-state index is 11.3. The van der Waals surface area contributed by atoms with Crippen LogP contribution in [0.25, 0.3) is 0 Å². The molecule has 0 aromatic heterocycles. The minimum absolute atomic E-state index is 0.404. The van der Waals surface area contributed by atoms with Crippen LogP contribution >= 0.6 is 0 Å². The van der Waals surface area contributed by atoms with Crippen LogP contribution in [0.2, 0.25) is 0 Å². The summed E-state index contributed by atoms with van der Waals surface area (Å²) in [6.07, 6.45) is -11.7. The Morgan fingerprint density at radius 2 is 1.58 bits per heavy atom. The predicted octanol–water partition coefficient (Wildman–Crippen LogP) is -4.18. The van der Waals surface area contributed by atoms with Crippen LogP contribution < -0.4 is 5.32 Å². The first-order valence-corrected chi connectivity index (χ1v) is 8.38. The van der Waals surface area contributed by atoms with Crippen LogP contribution in [0.15, 0.2) is 0 Å². The largest absolute Gasteiger partial charge is 0.394 e. The molecule has 11 nitrogen and oxygen atoms in total. The third-order valence-electron chi connectivity index (χ3n) is 4.66. The molecule has 0 aromatic rings. The summed E-state index contributed by atoms with van der Waals surface area (Å²) < 4.78 is 16.3. The Morgan fingerprint density at radius 3 is 2.12 bits per heavy atom. The molecule has 2 aliphatic heterocycles. The fourth-order valence-electron chi connectivity index (χ4n) is 3.23. The molecular formula is C15H27NO10. The molecule has 0 aliphatic carbocycles. The second-order valence-corrected chi connectivity index (χ2v) is 6.58. The number of amides is 1. The van der Waals surface area contributed by atoms with Gasteiger partial charge in [0.2, 0.25) is 5.91 Å². The topological polar surface area (TPSA) is 178 Å². The molecule has 2 saturated heterocycles. The van der Waals surface area contributed by atoms with E-state index in [0.717, 1.165) is 0 Å². The predicted molar refractivity (Wildman–Crippen MR) is 83.7 cm³/mol. The number of hydrogen-bond donors (Lipinski definition) is 7. The summed E-state index contributed by atoms with van der Waals surface area (Å²) in [6.45, 7) is 1.72. The van der Waals surface area contributed by atoms with E-state index >= 15 is 0 Å². The van der Waals surface area contributed by atoms with Crippen LogP contribution in [-0.4, -0.2) is 111 Å². The maximum Gasteiger partial charge on any atom is 0.217 e. The highest BCUT2D eigenvalue weighted by molar-refractivity contribution is 5.73. The fourth-order valence-corrected chi connectivity index (χ4v) is 3.23. The van der Waals surface area contributed by atoms with Gasteiger partial charge in [0, 0.05) is 6.92 Å². The first-order chi connectivity index (χ1) is 12.2. The smallest absolute Gasteiger partial charge is 0.217 e. The molecule has 2 aliphatic rings. The molecule has 0 saturated carbocycles. The van der Waals surface area contributed by atoms with Crippen LogP contribution in [-0.2, 0) is 19.0 Å². The van der Waals surface area contributed by atoms with Crippen LogP contribution in [0.3, 0.4) is 0 Å². The van der Waals surface area contributed by atoms with Gasteiger partial charge in [-0.2, -0.15) is 0 Å². The van der Waals surface area contributed by atoms with Gasteiger partial charge in [-0.3, -0.25) is 4.79 Å². The lowest BCUT2D eigenvalue weighted by Gasteiger charge is -2.46.